The second-order valence-corrected chi connectivity index (χ2v) is 8.06. The summed E-state index contributed by atoms with van der Waals surface area (Å²) < 4.78 is 11.0. The van der Waals surface area contributed by atoms with Crippen molar-refractivity contribution < 1.29 is 14.3 Å². The number of hydrogen-bond donors (Lipinski definition) is 2. The maximum absolute atomic E-state index is 12.8. The molecule has 1 aliphatic carbocycles. The Morgan fingerprint density at radius 3 is 2.88 bits per heavy atom. The third-order valence-electron chi connectivity index (χ3n) is 5.11. The van der Waals surface area contributed by atoms with Crippen molar-refractivity contribution in [1.82, 2.24) is 5.32 Å². The van der Waals surface area contributed by atoms with Crippen LogP contribution in [0.5, 0.6) is 11.5 Å². The lowest BCUT2D eigenvalue weighted by Gasteiger charge is -2.27. The first kappa shape index (κ1) is 17.2. The summed E-state index contributed by atoms with van der Waals surface area (Å²) in [5, 5.41) is 7.61. The molecule has 0 saturated carbocycles. The van der Waals surface area contributed by atoms with Crippen molar-refractivity contribution in [3.05, 3.63) is 39.8 Å². The summed E-state index contributed by atoms with van der Waals surface area (Å²) in [5.41, 5.74) is 3.05. The molecule has 138 valence electrons. The van der Waals surface area contributed by atoms with Gasteiger partial charge in [0.05, 0.1) is 19.3 Å². The van der Waals surface area contributed by atoms with Gasteiger partial charge in [-0.15, -0.1) is 11.3 Å². The Labute approximate surface area is 157 Å². The summed E-state index contributed by atoms with van der Waals surface area (Å²) in [5.74, 6) is 2.09. The Hall–Kier alpha value is -2.21. The zero-order valence-corrected chi connectivity index (χ0v) is 16.2. The van der Waals surface area contributed by atoms with E-state index >= 15 is 0 Å². The minimum atomic E-state index is -0.266. The molecule has 1 aromatic heterocycles. The highest BCUT2D eigenvalue weighted by molar-refractivity contribution is 7.16. The Morgan fingerprint density at radius 1 is 1.27 bits per heavy atom. The van der Waals surface area contributed by atoms with Gasteiger partial charge in [0.15, 0.2) is 11.5 Å². The maximum Gasteiger partial charge on any atom is 0.256 e. The van der Waals surface area contributed by atoms with Gasteiger partial charge in [0.2, 0.25) is 0 Å². The van der Waals surface area contributed by atoms with E-state index in [9.17, 15) is 4.79 Å². The summed E-state index contributed by atoms with van der Waals surface area (Å²) in [6.07, 6.45) is 2.96. The Morgan fingerprint density at radius 2 is 2.12 bits per heavy atom. The molecule has 2 aliphatic rings. The van der Waals surface area contributed by atoms with Gasteiger partial charge in [-0.2, -0.15) is 0 Å². The minimum absolute atomic E-state index is 0.0181. The smallest absolute Gasteiger partial charge is 0.256 e. The highest BCUT2D eigenvalue weighted by Gasteiger charge is 2.33. The van der Waals surface area contributed by atoms with E-state index in [2.05, 4.69) is 17.6 Å². The summed E-state index contributed by atoms with van der Waals surface area (Å²) in [7, 11) is 1.63. The number of amides is 1. The van der Waals surface area contributed by atoms with Gasteiger partial charge in [0.1, 0.15) is 11.2 Å². The average Bonchev–Trinajstić information content (AvgIpc) is 2.99. The standard InChI is InChI=1S/C20H24N2O3S/c1-4-25-15-10-12(6-8-14(15)24-3)18-21-19(23)17-13-7-5-11(2)9-16(13)26-20(17)22-18/h6,8,10-11,18,22H,4-5,7,9H2,1-3H3,(H,21,23)/t11-,18+/m0/s1. The second kappa shape index (κ2) is 6.83. The van der Waals surface area contributed by atoms with E-state index in [4.69, 9.17) is 9.47 Å². The highest BCUT2D eigenvalue weighted by Crippen LogP contribution is 2.43. The van der Waals surface area contributed by atoms with Crippen LogP contribution in [0.3, 0.4) is 0 Å². The van der Waals surface area contributed by atoms with Crippen LogP contribution in [0, 0.1) is 5.92 Å². The second-order valence-electron chi connectivity index (χ2n) is 6.95. The predicted molar refractivity (Wildman–Crippen MR) is 104 cm³/mol. The molecule has 0 unspecified atom stereocenters. The Bertz CT molecular complexity index is 846. The monoisotopic (exact) mass is 372 g/mol. The lowest BCUT2D eigenvalue weighted by atomic mass is 9.88. The van der Waals surface area contributed by atoms with Crippen LogP contribution in [-0.4, -0.2) is 19.6 Å². The Kier molecular flexibility index (Phi) is 4.53. The van der Waals surface area contributed by atoms with E-state index in [1.54, 1.807) is 18.4 Å². The molecule has 0 radical (unpaired) electrons. The molecule has 2 heterocycles. The van der Waals surface area contributed by atoms with Crippen LogP contribution >= 0.6 is 11.3 Å². The maximum atomic E-state index is 12.8. The first-order chi connectivity index (χ1) is 12.6. The average molecular weight is 372 g/mol. The van der Waals surface area contributed by atoms with E-state index in [0.717, 1.165) is 35.4 Å². The molecule has 5 nitrogen and oxygen atoms in total. The molecule has 2 atom stereocenters. The molecule has 26 heavy (non-hydrogen) atoms. The predicted octanol–water partition coefficient (Wildman–Crippen LogP) is 4.13. The fourth-order valence-corrected chi connectivity index (χ4v) is 5.21. The van der Waals surface area contributed by atoms with E-state index < -0.39 is 0 Å². The number of rotatable bonds is 4. The van der Waals surface area contributed by atoms with Gasteiger partial charge in [-0.05, 0) is 55.4 Å². The van der Waals surface area contributed by atoms with Crippen LogP contribution in [-0.2, 0) is 12.8 Å². The molecule has 1 amide bonds. The normalized spacial score (nSPS) is 21.3. The third kappa shape index (κ3) is 2.92. The quantitative estimate of drug-likeness (QED) is 0.847. The lowest BCUT2D eigenvalue weighted by Crippen LogP contribution is -2.38. The number of methoxy groups -OCH3 is 1. The molecule has 6 heteroatoms. The lowest BCUT2D eigenvalue weighted by molar-refractivity contribution is 0.0935. The number of ether oxygens (including phenoxy) is 2. The summed E-state index contributed by atoms with van der Waals surface area (Å²) in [6.45, 7) is 4.78. The summed E-state index contributed by atoms with van der Waals surface area (Å²) in [4.78, 5) is 14.2. The number of thiophene rings is 1. The van der Waals surface area contributed by atoms with Crippen molar-refractivity contribution in [2.24, 2.45) is 5.92 Å². The zero-order valence-electron chi connectivity index (χ0n) is 15.3. The number of hydrogen-bond acceptors (Lipinski definition) is 5. The van der Waals surface area contributed by atoms with Crippen LogP contribution in [0.2, 0.25) is 0 Å². The molecule has 0 bridgehead atoms. The van der Waals surface area contributed by atoms with Crippen molar-refractivity contribution in [3.63, 3.8) is 0 Å². The zero-order chi connectivity index (χ0) is 18.3. The molecular weight excluding hydrogens is 348 g/mol. The molecular formula is C20H24N2O3S. The number of fused-ring (bicyclic) bond motifs is 3. The van der Waals surface area contributed by atoms with Gasteiger partial charge in [-0.25, -0.2) is 0 Å². The van der Waals surface area contributed by atoms with Gasteiger partial charge in [0, 0.05) is 4.88 Å². The molecule has 0 fully saturated rings. The van der Waals surface area contributed by atoms with E-state index in [-0.39, 0.29) is 12.1 Å². The third-order valence-corrected chi connectivity index (χ3v) is 6.30. The molecule has 2 N–H and O–H groups in total. The van der Waals surface area contributed by atoms with Crippen LogP contribution in [0.4, 0.5) is 5.00 Å². The van der Waals surface area contributed by atoms with Crippen molar-refractivity contribution in [2.75, 3.05) is 19.0 Å². The van der Waals surface area contributed by atoms with Crippen LogP contribution < -0.4 is 20.1 Å². The van der Waals surface area contributed by atoms with Gasteiger partial charge < -0.3 is 20.1 Å². The number of carbonyl (C=O) groups excluding carboxylic acids is 1. The van der Waals surface area contributed by atoms with Crippen molar-refractivity contribution >= 4 is 22.2 Å². The minimum Gasteiger partial charge on any atom is -0.493 e. The van der Waals surface area contributed by atoms with Gasteiger partial charge >= 0.3 is 0 Å². The largest absolute Gasteiger partial charge is 0.493 e. The SMILES string of the molecule is CCOc1cc([C@@H]2NC(=O)c3c(sc4c3CC[C@H](C)C4)N2)ccc1OC. The molecule has 0 spiro atoms. The van der Waals surface area contributed by atoms with E-state index in [0.29, 0.717) is 24.0 Å². The molecule has 1 aliphatic heterocycles. The summed E-state index contributed by atoms with van der Waals surface area (Å²) in [6, 6.07) is 5.77. The van der Waals surface area contributed by atoms with Gasteiger partial charge in [-0.1, -0.05) is 13.0 Å². The Balaban J connectivity index is 1.65. The molecule has 2 aromatic rings. The highest BCUT2D eigenvalue weighted by atomic mass is 32.1. The summed E-state index contributed by atoms with van der Waals surface area (Å²) >= 11 is 1.74. The first-order valence-corrected chi connectivity index (χ1v) is 9.95. The fraction of sp³-hybridized carbons (Fsp3) is 0.450. The van der Waals surface area contributed by atoms with Crippen LogP contribution in [0.15, 0.2) is 18.2 Å². The number of anilines is 1. The van der Waals surface area contributed by atoms with Crippen molar-refractivity contribution in [2.45, 2.75) is 39.3 Å². The first-order valence-electron chi connectivity index (χ1n) is 9.13. The van der Waals surface area contributed by atoms with Crippen molar-refractivity contribution in [1.29, 1.82) is 0 Å². The molecule has 0 saturated heterocycles. The van der Waals surface area contributed by atoms with Crippen LogP contribution in [0.1, 0.15) is 52.8 Å². The van der Waals surface area contributed by atoms with E-state index in [1.165, 1.54) is 10.4 Å². The number of nitrogens with one attached hydrogen (secondary N) is 2. The van der Waals surface area contributed by atoms with Gasteiger partial charge in [-0.3, -0.25) is 4.79 Å². The topological polar surface area (TPSA) is 59.6 Å². The van der Waals surface area contributed by atoms with Crippen LogP contribution in [0.25, 0.3) is 0 Å². The van der Waals surface area contributed by atoms with Crippen molar-refractivity contribution in [3.8, 4) is 11.5 Å². The number of carbonyl (C=O) groups is 1. The van der Waals surface area contributed by atoms with Gasteiger partial charge in [0.25, 0.3) is 5.91 Å². The number of benzene rings is 1. The molecule has 1 aromatic carbocycles. The fourth-order valence-electron chi connectivity index (χ4n) is 3.77. The molecule has 4 rings (SSSR count). The van der Waals surface area contributed by atoms with E-state index in [1.807, 2.05) is 25.1 Å².